The molecule has 0 aromatic carbocycles. The minimum Gasteiger partial charge on any atom is -0.481 e. The quantitative estimate of drug-likeness (QED) is 0.551. The third-order valence-corrected chi connectivity index (χ3v) is 4.46. The maximum absolute atomic E-state index is 11.8. The number of rotatable bonds is 9. The number of H-pyrrole nitrogens is 1. The van der Waals surface area contributed by atoms with Crippen LogP contribution in [0.15, 0.2) is 6.20 Å². The Morgan fingerprint density at radius 2 is 2.25 bits per heavy atom. The van der Waals surface area contributed by atoms with E-state index in [9.17, 15) is 13.2 Å². The van der Waals surface area contributed by atoms with E-state index in [1.807, 2.05) is 6.92 Å². The van der Waals surface area contributed by atoms with Crippen molar-refractivity contribution in [1.29, 1.82) is 0 Å². The van der Waals surface area contributed by atoms with Crippen LogP contribution in [0.4, 0.5) is 0 Å². The number of carboxylic acids is 1. The molecular weight excluding hydrogens is 284 g/mol. The molecule has 0 saturated carbocycles. The van der Waals surface area contributed by atoms with E-state index in [-0.39, 0.29) is 13.0 Å². The highest BCUT2D eigenvalue weighted by molar-refractivity contribution is 7.87. The molecule has 9 heteroatoms. The molecule has 114 valence electrons. The fraction of sp³-hybridized carbons (Fsp3) is 0.636. The Hall–Kier alpha value is -1.45. The van der Waals surface area contributed by atoms with Crippen molar-refractivity contribution in [3.63, 3.8) is 0 Å². The highest BCUT2D eigenvalue weighted by atomic mass is 32.2. The Bertz CT molecular complexity index is 540. The zero-order valence-corrected chi connectivity index (χ0v) is 12.4. The maximum Gasteiger partial charge on any atom is 0.304 e. The zero-order chi connectivity index (χ0) is 15.2. The van der Waals surface area contributed by atoms with Gasteiger partial charge in [-0.05, 0) is 25.3 Å². The summed E-state index contributed by atoms with van der Waals surface area (Å²) < 4.78 is 27.0. The van der Waals surface area contributed by atoms with Gasteiger partial charge >= 0.3 is 5.97 Å². The molecule has 1 rings (SSSR count). The summed E-state index contributed by atoms with van der Waals surface area (Å²) in [6, 6.07) is 0. The van der Waals surface area contributed by atoms with E-state index in [0.29, 0.717) is 13.0 Å². The van der Waals surface area contributed by atoms with Crippen molar-refractivity contribution in [2.24, 2.45) is 0 Å². The van der Waals surface area contributed by atoms with Gasteiger partial charge in [0.2, 0.25) is 0 Å². The van der Waals surface area contributed by atoms with Crippen molar-refractivity contribution in [2.75, 3.05) is 20.1 Å². The van der Waals surface area contributed by atoms with Gasteiger partial charge in [0.1, 0.15) is 0 Å². The summed E-state index contributed by atoms with van der Waals surface area (Å²) in [6.07, 6.45) is 2.88. The lowest BCUT2D eigenvalue weighted by atomic mass is 10.1. The monoisotopic (exact) mass is 304 g/mol. The van der Waals surface area contributed by atoms with Gasteiger partial charge in [-0.1, -0.05) is 0 Å². The smallest absolute Gasteiger partial charge is 0.304 e. The SMILES string of the molecule is Cc1[nH]ncc1CCCNS(=O)(=O)N(C)CCC(=O)O. The van der Waals surface area contributed by atoms with Crippen LogP contribution in [0.25, 0.3) is 0 Å². The number of nitrogens with zero attached hydrogens (tertiary/aromatic N) is 2. The minimum absolute atomic E-state index is 0.0501. The summed E-state index contributed by atoms with van der Waals surface area (Å²) in [5.41, 5.74) is 2.04. The van der Waals surface area contributed by atoms with Crippen LogP contribution in [0.5, 0.6) is 0 Å². The number of aromatic nitrogens is 2. The molecule has 20 heavy (non-hydrogen) atoms. The average molecular weight is 304 g/mol. The van der Waals surface area contributed by atoms with Crippen molar-refractivity contribution < 1.29 is 18.3 Å². The fourth-order valence-corrected chi connectivity index (χ4v) is 2.55. The first-order valence-corrected chi connectivity index (χ1v) is 7.68. The third-order valence-electron chi connectivity index (χ3n) is 2.89. The highest BCUT2D eigenvalue weighted by Gasteiger charge is 2.17. The van der Waals surface area contributed by atoms with Crippen molar-refractivity contribution in [2.45, 2.75) is 26.2 Å². The van der Waals surface area contributed by atoms with Crippen LogP contribution in [0.2, 0.25) is 0 Å². The molecule has 0 atom stereocenters. The van der Waals surface area contributed by atoms with E-state index in [1.54, 1.807) is 6.20 Å². The van der Waals surface area contributed by atoms with E-state index in [4.69, 9.17) is 5.11 Å². The molecule has 0 amide bonds. The Balaban J connectivity index is 2.32. The molecule has 0 bridgehead atoms. The average Bonchev–Trinajstić information content (AvgIpc) is 2.77. The van der Waals surface area contributed by atoms with Crippen LogP contribution in [0, 0.1) is 6.92 Å². The molecule has 3 N–H and O–H groups in total. The van der Waals surface area contributed by atoms with Crippen LogP contribution >= 0.6 is 0 Å². The van der Waals surface area contributed by atoms with Gasteiger partial charge in [0.25, 0.3) is 10.2 Å². The molecule has 8 nitrogen and oxygen atoms in total. The van der Waals surface area contributed by atoms with Crippen LogP contribution in [0.3, 0.4) is 0 Å². The first-order valence-electron chi connectivity index (χ1n) is 6.24. The standard InChI is InChI=1S/C11H20N4O4S/c1-9-10(8-12-14-9)4-3-6-13-20(18,19)15(2)7-5-11(16)17/h8,13H,3-7H2,1-2H3,(H,12,14)(H,16,17). The number of carbonyl (C=O) groups is 1. The molecule has 0 spiro atoms. The number of hydrogen-bond donors (Lipinski definition) is 3. The van der Waals surface area contributed by atoms with Gasteiger partial charge in [0, 0.05) is 25.8 Å². The van der Waals surface area contributed by atoms with Crippen LogP contribution < -0.4 is 4.72 Å². The van der Waals surface area contributed by atoms with E-state index in [2.05, 4.69) is 14.9 Å². The number of nitrogens with one attached hydrogen (secondary N) is 2. The maximum atomic E-state index is 11.8. The second kappa shape index (κ2) is 7.36. The van der Waals surface area contributed by atoms with Gasteiger partial charge in [-0.2, -0.15) is 17.8 Å². The third kappa shape index (κ3) is 5.27. The summed E-state index contributed by atoms with van der Waals surface area (Å²) in [5.74, 6) is -1.03. The number of hydrogen-bond acceptors (Lipinski definition) is 4. The highest BCUT2D eigenvalue weighted by Crippen LogP contribution is 2.05. The Labute approximate surface area is 118 Å². The van der Waals surface area contributed by atoms with E-state index in [0.717, 1.165) is 22.0 Å². The van der Waals surface area contributed by atoms with Crippen molar-refractivity contribution in [3.8, 4) is 0 Å². The number of carboxylic acid groups (broad SMARTS) is 1. The second-order valence-electron chi connectivity index (χ2n) is 4.49. The largest absolute Gasteiger partial charge is 0.481 e. The lowest BCUT2D eigenvalue weighted by Gasteiger charge is -2.16. The normalized spacial score (nSPS) is 11.9. The lowest BCUT2D eigenvalue weighted by Crippen LogP contribution is -2.39. The fourth-order valence-electron chi connectivity index (χ4n) is 1.59. The predicted octanol–water partition coefficient (Wildman–Crippen LogP) is -0.108. The van der Waals surface area contributed by atoms with Gasteiger partial charge in [-0.3, -0.25) is 9.89 Å². The second-order valence-corrected chi connectivity index (χ2v) is 6.35. The molecule has 0 radical (unpaired) electrons. The number of aryl methyl sites for hydroxylation is 2. The van der Waals surface area contributed by atoms with Gasteiger partial charge in [0.15, 0.2) is 0 Å². The molecule has 0 fully saturated rings. The van der Waals surface area contributed by atoms with E-state index >= 15 is 0 Å². The van der Waals surface area contributed by atoms with Crippen LogP contribution in [0.1, 0.15) is 24.1 Å². The predicted molar refractivity (Wildman–Crippen MR) is 73.5 cm³/mol. The lowest BCUT2D eigenvalue weighted by molar-refractivity contribution is -0.137. The first-order chi connectivity index (χ1) is 9.33. The summed E-state index contributed by atoms with van der Waals surface area (Å²) in [6.45, 7) is 2.15. The van der Waals surface area contributed by atoms with Crippen LogP contribution in [-0.4, -0.2) is 54.1 Å². The summed E-state index contributed by atoms with van der Waals surface area (Å²) in [5, 5.41) is 15.2. The summed E-state index contributed by atoms with van der Waals surface area (Å²) in [4.78, 5) is 10.4. The summed E-state index contributed by atoms with van der Waals surface area (Å²) >= 11 is 0. The Morgan fingerprint density at radius 3 is 2.80 bits per heavy atom. The Kier molecular flexibility index (Phi) is 6.11. The van der Waals surface area contributed by atoms with E-state index < -0.39 is 16.2 Å². The number of aliphatic carboxylic acids is 1. The molecule has 0 unspecified atom stereocenters. The number of aromatic amines is 1. The molecular formula is C11H20N4O4S. The molecule has 0 aliphatic rings. The molecule has 1 aromatic rings. The van der Waals surface area contributed by atoms with Gasteiger partial charge in [0.05, 0.1) is 12.6 Å². The molecule has 1 aromatic heterocycles. The van der Waals surface area contributed by atoms with Crippen molar-refractivity contribution in [3.05, 3.63) is 17.5 Å². The van der Waals surface area contributed by atoms with Crippen molar-refractivity contribution >= 4 is 16.2 Å². The topological polar surface area (TPSA) is 115 Å². The van der Waals surface area contributed by atoms with Gasteiger partial charge in [-0.25, -0.2) is 4.72 Å². The molecule has 0 saturated heterocycles. The van der Waals surface area contributed by atoms with Crippen molar-refractivity contribution in [1.82, 2.24) is 19.2 Å². The zero-order valence-electron chi connectivity index (χ0n) is 11.6. The first kappa shape index (κ1) is 16.6. The molecule has 0 aliphatic carbocycles. The minimum atomic E-state index is -3.61. The van der Waals surface area contributed by atoms with Gasteiger partial charge in [-0.15, -0.1) is 0 Å². The van der Waals surface area contributed by atoms with E-state index in [1.165, 1.54) is 7.05 Å². The summed E-state index contributed by atoms with van der Waals surface area (Å²) in [7, 11) is -2.26. The van der Waals surface area contributed by atoms with Crippen LogP contribution in [-0.2, 0) is 21.4 Å². The Morgan fingerprint density at radius 1 is 1.55 bits per heavy atom. The molecule has 1 heterocycles. The molecule has 0 aliphatic heterocycles. The van der Waals surface area contributed by atoms with Gasteiger partial charge < -0.3 is 5.11 Å².